The standard InChI is InChI=1S/C16H22N4O/c1-3-21-16-5-4-14(13(2)8-16)9-19-7-6-15(10-19)20-12-17-11-18-20/h4-5,8,11-12,15H,3,6-7,9-10H2,1-2H3. The predicted molar refractivity (Wildman–Crippen MR) is 81.3 cm³/mol. The van der Waals surface area contributed by atoms with Crippen LogP contribution in [0, 0.1) is 6.92 Å². The number of ether oxygens (including phenoxy) is 1. The summed E-state index contributed by atoms with van der Waals surface area (Å²) in [5.41, 5.74) is 2.67. The fraction of sp³-hybridized carbons (Fsp3) is 0.500. The van der Waals surface area contributed by atoms with Crippen LogP contribution in [0.3, 0.4) is 0 Å². The normalized spacial score (nSPS) is 19.0. The summed E-state index contributed by atoms with van der Waals surface area (Å²) in [6.45, 7) is 8.02. The molecule has 1 aromatic carbocycles. The van der Waals surface area contributed by atoms with Crippen molar-refractivity contribution in [1.82, 2.24) is 19.7 Å². The zero-order valence-electron chi connectivity index (χ0n) is 12.7. The van der Waals surface area contributed by atoms with Gasteiger partial charge in [-0.25, -0.2) is 9.67 Å². The SMILES string of the molecule is CCOc1ccc(CN2CCC(n3cncn3)C2)c(C)c1. The molecule has 1 fully saturated rings. The van der Waals surface area contributed by atoms with Crippen molar-refractivity contribution in [3.63, 3.8) is 0 Å². The quantitative estimate of drug-likeness (QED) is 0.846. The fourth-order valence-electron chi connectivity index (χ4n) is 2.92. The highest BCUT2D eigenvalue weighted by molar-refractivity contribution is 5.34. The van der Waals surface area contributed by atoms with Crippen LogP contribution >= 0.6 is 0 Å². The van der Waals surface area contributed by atoms with Crippen molar-refractivity contribution in [1.29, 1.82) is 0 Å². The molecule has 0 saturated carbocycles. The topological polar surface area (TPSA) is 43.2 Å². The number of nitrogens with zero attached hydrogens (tertiary/aromatic N) is 4. The monoisotopic (exact) mass is 286 g/mol. The van der Waals surface area contributed by atoms with E-state index in [0.717, 1.165) is 31.8 Å². The molecule has 1 saturated heterocycles. The fourth-order valence-corrected chi connectivity index (χ4v) is 2.92. The van der Waals surface area contributed by atoms with Gasteiger partial charge in [0.25, 0.3) is 0 Å². The van der Waals surface area contributed by atoms with Gasteiger partial charge in [0, 0.05) is 19.6 Å². The molecule has 1 aliphatic heterocycles. The van der Waals surface area contributed by atoms with E-state index in [1.807, 2.05) is 17.9 Å². The van der Waals surface area contributed by atoms with Crippen molar-refractivity contribution in [2.45, 2.75) is 32.9 Å². The summed E-state index contributed by atoms with van der Waals surface area (Å²) in [4.78, 5) is 6.52. The van der Waals surface area contributed by atoms with Crippen molar-refractivity contribution in [2.75, 3.05) is 19.7 Å². The van der Waals surface area contributed by atoms with Crippen LogP contribution in [0.25, 0.3) is 0 Å². The highest BCUT2D eigenvalue weighted by atomic mass is 16.5. The largest absolute Gasteiger partial charge is 0.494 e. The molecule has 0 spiro atoms. The summed E-state index contributed by atoms with van der Waals surface area (Å²) in [5, 5.41) is 4.25. The molecule has 1 atom stereocenters. The number of aryl methyl sites for hydroxylation is 1. The molecule has 0 amide bonds. The van der Waals surface area contributed by atoms with Crippen LogP contribution in [0.4, 0.5) is 0 Å². The number of likely N-dealkylation sites (tertiary alicyclic amines) is 1. The molecule has 1 unspecified atom stereocenters. The second-order valence-corrected chi connectivity index (χ2v) is 5.57. The van der Waals surface area contributed by atoms with Gasteiger partial charge in [-0.1, -0.05) is 6.07 Å². The molecule has 0 N–H and O–H groups in total. The van der Waals surface area contributed by atoms with Crippen LogP contribution in [0.1, 0.15) is 30.5 Å². The van der Waals surface area contributed by atoms with E-state index in [-0.39, 0.29) is 0 Å². The highest BCUT2D eigenvalue weighted by Crippen LogP contribution is 2.24. The first-order valence-electron chi connectivity index (χ1n) is 7.55. The van der Waals surface area contributed by atoms with E-state index >= 15 is 0 Å². The van der Waals surface area contributed by atoms with Gasteiger partial charge in [-0.05, 0) is 43.5 Å². The third-order valence-electron chi connectivity index (χ3n) is 4.08. The maximum atomic E-state index is 5.55. The van der Waals surface area contributed by atoms with Gasteiger partial charge in [0.1, 0.15) is 18.4 Å². The number of hydrogen-bond acceptors (Lipinski definition) is 4. The molecule has 5 nitrogen and oxygen atoms in total. The van der Waals surface area contributed by atoms with Crippen LogP contribution in [0.2, 0.25) is 0 Å². The summed E-state index contributed by atoms with van der Waals surface area (Å²) in [7, 11) is 0. The Morgan fingerprint density at radius 2 is 2.29 bits per heavy atom. The van der Waals surface area contributed by atoms with E-state index in [2.05, 4.69) is 40.1 Å². The van der Waals surface area contributed by atoms with Gasteiger partial charge in [-0.2, -0.15) is 5.10 Å². The lowest BCUT2D eigenvalue weighted by Gasteiger charge is -2.18. The van der Waals surface area contributed by atoms with Crippen LogP contribution in [-0.2, 0) is 6.54 Å². The Morgan fingerprint density at radius 1 is 1.38 bits per heavy atom. The van der Waals surface area contributed by atoms with Crippen molar-refractivity contribution >= 4 is 0 Å². The maximum Gasteiger partial charge on any atom is 0.137 e. The second kappa shape index (κ2) is 6.26. The molecule has 1 aromatic heterocycles. The lowest BCUT2D eigenvalue weighted by molar-refractivity contribution is 0.310. The minimum Gasteiger partial charge on any atom is -0.494 e. The Morgan fingerprint density at radius 3 is 3.00 bits per heavy atom. The molecule has 0 bridgehead atoms. The Kier molecular flexibility index (Phi) is 4.20. The Hall–Kier alpha value is -1.88. The Labute approximate surface area is 125 Å². The highest BCUT2D eigenvalue weighted by Gasteiger charge is 2.24. The minimum atomic E-state index is 0.454. The molecule has 2 heterocycles. The summed E-state index contributed by atoms with van der Waals surface area (Å²) in [6.07, 6.45) is 4.56. The van der Waals surface area contributed by atoms with E-state index in [4.69, 9.17) is 4.74 Å². The van der Waals surface area contributed by atoms with Gasteiger partial charge in [0.15, 0.2) is 0 Å². The molecule has 5 heteroatoms. The maximum absolute atomic E-state index is 5.55. The summed E-state index contributed by atoms with van der Waals surface area (Å²) >= 11 is 0. The van der Waals surface area contributed by atoms with E-state index in [0.29, 0.717) is 12.6 Å². The van der Waals surface area contributed by atoms with Crippen LogP contribution in [0.5, 0.6) is 5.75 Å². The first kappa shape index (κ1) is 14.1. The molecule has 1 aliphatic rings. The zero-order chi connectivity index (χ0) is 14.7. The van der Waals surface area contributed by atoms with E-state index in [1.165, 1.54) is 11.1 Å². The molecule has 3 rings (SSSR count). The lowest BCUT2D eigenvalue weighted by Crippen LogP contribution is -2.21. The molecular weight excluding hydrogens is 264 g/mol. The van der Waals surface area contributed by atoms with Crippen molar-refractivity contribution in [3.05, 3.63) is 42.0 Å². The van der Waals surface area contributed by atoms with Crippen LogP contribution < -0.4 is 4.74 Å². The van der Waals surface area contributed by atoms with E-state index in [1.54, 1.807) is 6.33 Å². The molecule has 0 radical (unpaired) electrons. The first-order chi connectivity index (χ1) is 10.3. The van der Waals surface area contributed by atoms with Crippen LogP contribution in [0.15, 0.2) is 30.9 Å². The van der Waals surface area contributed by atoms with Gasteiger partial charge in [-0.3, -0.25) is 4.90 Å². The zero-order valence-corrected chi connectivity index (χ0v) is 12.7. The van der Waals surface area contributed by atoms with Gasteiger partial charge < -0.3 is 4.74 Å². The molecule has 112 valence electrons. The number of benzene rings is 1. The molecule has 21 heavy (non-hydrogen) atoms. The predicted octanol–water partition coefficient (Wildman–Crippen LogP) is 2.43. The van der Waals surface area contributed by atoms with Crippen molar-refractivity contribution in [2.24, 2.45) is 0 Å². The van der Waals surface area contributed by atoms with Gasteiger partial charge >= 0.3 is 0 Å². The lowest BCUT2D eigenvalue weighted by atomic mass is 10.1. The summed E-state index contributed by atoms with van der Waals surface area (Å²) < 4.78 is 7.52. The Balaban J connectivity index is 1.62. The average molecular weight is 286 g/mol. The molecule has 0 aliphatic carbocycles. The van der Waals surface area contributed by atoms with Gasteiger partial charge in [-0.15, -0.1) is 0 Å². The first-order valence-corrected chi connectivity index (χ1v) is 7.55. The molecule has 2 aromatic rings. The van der Waals surface area contributed by atoms with Gasteiger partial charge in [0.05, 0.1) is 12.6 Å². The average Bonchev–Trinajstić information content (AvgIpc) is 3.13. The second-order valence-electron chi connectivity index (χ2n) is 5.57. The minimum absolute atomic E-state index is 0.454. The number of rotatable bonds is 5. The van der Waals surface area contributed by atoms with Gasteiger partial charge in [0.2, 0.25) is 0 Å². The van der Waals surface area contributed by atoms with Crippen molar-refractivity contribution in [3.8, 4) is 5.75 Å². The van der Waals surface area contributed by atoms with Crippen LogP contribution in [-0.4, -0.2) is 39.4 Å². The third kappa shape index (κ3) is 3.24. The Bertz CT molecular complexity index is 582. The van der Waals surface area contributed by atoms with Crippen molar-refractivity contribution < 1.29 is 4.74 Å². The number of aromatic nitrogens is 3. The smallest absolute Gasteiger partial charge is 0.137 e. The molecular formula is C16H22N4O. The van der Waals surface area contributed by atoms with E-state index < -0.39 is 0 Å². The number of hydrogen-bond donors (Lipinski definition) is 0. The summed E-state index contributed by atoms with van der Waals surface area (Å²) in [6, 6.07) is 6.83. The third-order valence-corrected chi connectivity index (χ3v) is 4.08. The van der Waals surface area contributed by atoms with E-state index in [9.17, 15) is 0 Å². The summed E-state index contributed by atoms with van der Waals surface area (Å²) in [5.74, 6) is 0.959.